The summed E-state index contributed by atoms with van der Waals surface area (Å²) in [5.74, 6) is -0.525. The van der Waals surface area contributed by atoms with Crippen LogP contribution in [0.5, 0.6) is 0 Å². The van der Waals surface area contributed by atoms with Crippen LogP contribution in [0.1, 0.15) is 414 Å². The summed E-state index contributed by atoms with van der Waals surface area (Å²) in [7, 11) is -9.91. The smallest absolute Gasteiger partial charge is 0.462 e. The van der Waals surface area contributed by atoms with Gasteiger partial charge >= 0.3 is 39.5 Å². The number of phosphoric acid groups is 2. The van der Waals surface area contributed by atoms with Crippen molar-refractivity contribution in [2.45, 2.75) is 432 Å². The quantitative estimate of drug-likeness (QED) is 0.0222. The Morgan fingerprint density at radius 2 is 0.520 bits per heavy atom. The van der Waals surface area contributed by atoms with Crippen LogP contribution in [0.25, 0.3) is 0 Å². The number of ether oxygens (including phenoxy) is 4. The summed E-state index contributed by atoms with van der Waals surface area (Å²) in [6.45, 7) is 9.63. The Morgan fingerprint density at radius 1 is 0.296 bits per heavy atom. The maximum atomic E-state index is 13.1. The van der Waals surface area contributed by atoms with Crippen molar-refractivity contribution in [1.29, 1.82) is 0 Å². The second-order valence-electron chi connectivity index (χ2n) is 29.2. The predicted molar refractivity (Wildman–Crippen MR) is 400 cm³/mol. The molecular weight excluding hydrogens is 1280 g/mol. The molecule has 6 atom stereocenters. The molecule has 0 bridgehead atoms. The largest absolute Gasteiger partial charge is 0.472 e. The number of aliphatic hydroxyl groups is 1. The van der Waals surface area contributed by atoms with Gasteiger partial charge in [0.15, 0.2) is 12.2 Å². The molecule has 0 fully saturated rings. The molecule has 0 saturated heterocycles. The number of rotatable bonds is 78. The molecular formula is C79H154O17P2. The molecule has 0 aliphatic rings. The lowest BCUT2D eigenvalue weighted by Crippen LogP contribution is -2.30. The zero-order valence-electron chi connectivity index (χ0n) is 64.1. The van der Waals surface area contributed by atoms with Crippen LogP contribution in [0.3, 0.4) is 0 Å². The van der Waals surface area contributed by atoms with Gasteiger partial charge in [0.2, 0.25) is 0 Å². The summed E-state index contributed by atoms with van der Waals surface area (Å²) in [6, 6.07) is 0. The molecule has 0 saturated carbocycles. The van der Waals surface area contributed by atoms with Crippen molar-refractivity contribution in [3.8, 4) is 0 Å². The molecule has 98 heavy (non-hydrogen) atoms. The number of esters is 4. The Labute approximate surface area is 600 Å². The number of carbonyl (C=O) groups is 4. The molecule has 3 N–H and O–H groups in total. The van der Waals surface area contributed by atoms with Gasteiger partial charge in [-0.1, -0.05) is 363 Å². The Balaban J connectivity index is 5.18. The van der Waals surface area contributed by atoms with E-state index in [9.17, 15) is 43.2 Å². The molecule has 0 aromatic carbocycles. The lowest BCUT2D eigenvalue weighted by Gasteiger charge is -2.21. The Kier molecular flexibility index (Phi) is 69.3. The second-order valence-corrected chi connectivity index (χ2v) is 32.1. The number of unbranched alkanes of at least 4 members (excludes halogenated alkanes) is 47. The van der Waals surface area contributed by atoms with Crippen molar-refractivity contribution in [2.75, 3.05) is 39.6 Å². The first-order valence-electron chi connectivity index (χ1n) is 41.0. The molecule has 0 spiro atoms. The highest BCUT2D eigenvalue weighted by Crippen LogP contribution is 2.45. The van der Waals surface area contributed by atoms with Crippen molar-refractivity contribution >= 4 is 39.5 Å². The van der Waals surface area contributed by atoms with Crippen LogP contribution < -0.4 is 0 Å². The third kappa shape index (κ3) is 71.1. The topological polar surface area (TPSA) is 237 Å². The molecule has 3 unspecified atom stereocenters. The van der Waals surface area contributed by atoms with Crippen molar-refractivity contribution in [3.63, 3.8) is 0 Å². The normalized spacial score (nSPS) is 14.2. The number of phosphoric ester groups is 2. The third-order valence-electron chi connectivity index (χ3n) is 18.8. The van der Waals surface area contributed by atoms with Crippen molar-refractivity contribution in [1.82, 2.24) is 0 Å². The van der Waals surface area contributed by atoms with Crippen molar-refractivity contribution < 1.29 is 80.2 Å². The molecule has 582 valence electrons. The maximum absolute atomic E-state index is 13.1. The second kappa shape index (κ2) is 70.7. The van der Waals surface area contributed by atoms with Crippen LogP contribution in [-0.2, 0) is 65.4 Å². The first-order chi connectivity index (χ1) is 47.4. The van der Waals surface area contributed by atoms with Gasteiger partial charge in [0.05, 0.1) is 26.4 Å². The van der Waals surface area contributed by atoms with Gasteiger partial charge < -0.3 is 33.8 Å². The van der Waals surface area contributed by atoms with E-state index in [1.807, 2.05) is 0 Å². The minimum absolute atomic E-state index is 0.105. The van der Waals surface area contributed by atoms with Crippen molar-refractivity contribution in [2.24, 2.45) is 11.8 Å². The molecule has 0 aromatic rings. The van der Waals surface area contributed by atoms with Crippen LogP contribution >= 0.6 is 15.6 Å². The van der Waals surface area contributed by atoms with Gasteiger partial charge in [-0.2, -0.15) is 0 Å². The van der Waals surface area contributed by atoms with E-state index in [0.717, 1.165) is 102 Å². The van der Waals surface area contributed by atoms with Crippen LogP contribution in [0.2, 0.25) is 0 Å². The summed E-state index contributed by atoms with van der Waals surface area (Å²) < 4.78 is 68.5. The number of carbonyl (C=O) groups excluding carboxylic acids is 4. The van der Waals surface area contributed by atoms with E-state index in [0.29, 0.717) is 25.7 Å². The Hall–Kier alpha value is -1.94. The standard InChI is InChI=1S/C79H154O17P2/c1-7-10-12-14-16-18-19-20-21-27-30-33-37-44-50-56-62-77(82)90-68-74(95-78(83)63-57-51-45-38-34-31-28-25-23-22-24-26-29-32-36-42-48-54-60-72(6)9-3)69-93-97(85,86)91-65-73(80)66-92-98(87,88)94-70-75(67-89-76(81)61-55-49-43-35-17-15-13-11-8-2)96-79(84)64-58-52-46-40-39-41-47-53-59-71(4)5/h71-75,80H,7-70H2,1-6H3,(H,85,86)(H,87,88)/t72?,73-,74-,75-/m1/s1. The molecule has 0 heterocycles. The van der Waals surface area contributed by atoms with E-state index >= 15 is 0 Å². The van der Waals surface area contributed by atoms with Gasteiger partial charge in [0.1, 0.15) is 19.3 Å². The molecule has 0 aliphatic heterocycles. The molecule has 0 aliphatic carbocycles. The summed E-state index contributed by atoms with van der Waals surface area (Å²) in [6.07, 6.45) is 59.8. The minimum atomic E-state index is -4.96. The van der Waals surface area contributed by atoms with E-state index in [1.54, 1.807) is 0 Å². The molecule has 19 heteroatoms. The fraction of sp³-hybridized carbons (Fsp3) is 0.949. The van der Waals surface area contributed by atoms with E-state index in [4.69, 9.17) is 37.0 Å². The molecule has 0 aromatic heterocycles. The molecule has 0 radical (unpaired) electrons. The predicted octanol–water partition coefficient (Wildman–Crippen LogP) is 23.5. The first-order valence-corrected chi connectivity index (χ1v) is 44.0. The van der Waals surface area contributed by atoms with Crippen LogP contribution in [0, 0.1) is 11.8 Å². The third-order valence-corrected chi connectivity index (χ3v) is 20.7. The van der Waals surface area contributed by atoms with Crippen molar-refractivity contribution in [3.05, 3.63) is 0 Å². The SMILES string of the molecule is CCCCCCCCCCCCCCCCCCC(=O)OC[C@H](COP(=O)(O)OC[C@@H](O)COP(=O)(O)OC[C@@H](COC(=O)CCCCCCCCCCC)OC(=O)CCCCCCCCCCC(C)C)OC(=O)CCCCCCCCCCCCCCCCCCCCC(C)CC. The van der Waals surface area contributed by atoms with Gasteiger partial charge in [-0.3, -0.25) is 37.3 Å². The highest BCUT2D eigenvalue weighted by Gasteiger charge is 2.30. The first kappa shape index (κ1) is 96.1. The number of hydrogen-bond acceptors (Lipinski definition) is 15. The van der Waals surface area contributed by atoms with E-state index < -0.39 is 97.5 Å². The molecule has 0 rings (SSSR count). The highest BCUT2D eigenvalue weighted by molar-refractivity contribution is 7.47. The average molecular weight is 1440 g/mol. The molecule has 0 amide bonds. The number of aliphatic hydroxyl groups excluding tert-OH is 1. The Bertz CT molecular complexity index is 1890. The fourth-order valence-corrected chi connectivity index (χ4v) is 13.7. The van der Waals surface area contributed by atoms with Crippen LogP contribution in [0.15, 0.2) is 0 Å². The zero-order chi connectivity index (χ0) is 72.1. The zero-order valence-corrected chi connectivity index (χ0v) is 65.9. The summed E-state index contributed by atoms with van der Waals surface area (Å²) in [5.41, 5.74) is 0. The van der Waals surface area contributed by atoms with Crippen LogP contribution in [-0.4, -0.2) is 96.7 Å². The average Bonchev–Trinajstić information content (AvgIpc) is 0.937. The summed E-state index contributed by atoms with van der Waals surface area (Å²) in [5, 5.41) is 10.6. The van der Waals surface area contributed by atoms with Gasteiger partial charge in [0.25, 0.3) is 0 Å². The molecule has 17 nitrogen and oxygen atoms in total. The Morgan fingerprint density at radius 3 is 0.776 bits per heavy atom. The number of hydrogen-bond donors (Lipinski definition) is 3. The van der Waals surface area contributed by atoms with Gasteiger partial charge in [0, 0.05) is 25.7 Å². The van der Waals surface area contributed by atoms with E-state index in [-0.39, 0.29) is 25.7 Å². The highest BCUT2D eigenvalue weighted by atomic mass is 31.2. The van der Waals surface area contributed by atoms with E-state index in [2.05, 4.69) is 41.5 Å². The summed E-state index contributed by atoms with van der Waals surface area (Å²) >= 11 is 0. The van der Waals surface area contributed by atoms with Gasteiger partial charge in [-0.25, -0.2) is 9.13 Å². The minimum Gasteiger partial charge on any atom is -0.462 e. The van der Waals surface area contributed by atoms with Crippen LogP contribution in [0.4, 0.5) is 0 Å². The monoisotopic (exact) mass is 1440 g/mol. The van der Waals surface area contributed by atoms with Gasteiger partial charge in [-0.15, -0.1) is 0 Å². The summed E-state index contributed by atoms with van der Waals surface area (Å²) in [4.78, 5) is 72.8. The van der Waals surface area contributed by atoms with Gasteiger partial charge in [-0.05, 0) is 37.5 Å². The fourth-order valence-electron chi connectivity index (χ4n) is 12.2. The lowest BCUT2D eigenvalue weighted by molar-refractivity contribution is -0.161. The lowest BCUT2D eigenvalue weighted by atomic mass is 9.99. The van der Waals surface area contributed by atoms with E-state index in [1.165, 1.54) is 231 Å². The maximum Gasteiger partial charge on any atom is 0.472 e.